The van der Waals surface area contributed by atoms with E-state index in [1.165, 1.54) is 18.2 Å². The number of carbonyl (C=O) groups excluding carboxylic acids is 2. The number of carbonyl (C=O) groups is 2. The van der Waals surface area contributed by atoms with Gasteiger partial charge in [-0.2, -0.15) is 0 Å². The van der Waals surface area contributed by atoms with E-state index in [0.29, 0.717) is 18.1 Å². The van der Waals surface area contributed by atoms with Crippen molar-refractivity contribution in [2.24, 2.45) is 11.7 Å². The van der Waals surface area contributed by atoms with E-state index in [4.69, 9.17) is 17.3 Å². The molecule has 1 saturated heterocycles. The average Bonchev–Trinajstić information content (AvgIpc) is 2.68. The van der Waals surface area contributed by atoms with Crippen LogP contribution in [-0.2, 0) is 11.3 Å². The van der Waals surface area contributed by atoms with E-state index < -0.39 is 0 Å². The summed E-state index contributed by atoms with van der Waals surface area (Å²) in [5.74, 6) is -0.854. The number of nitrogens with zero attached hydrogens (tertiary/aromatic N) is 1. The molecule has 6 nitrogen and oxygen atoms in total. The Bertz CT molecular complexity index is 839. The van der Waals surface area contributed by atoms with E-state index >= 15 is 0 Å². The number of primary amides is 1. The summed E-state index contributed by atoms with van der Waals surface area (Å²) in [5, 5.41) is 12.9. The van der Waals surface area contributed by atoms with Crippen LogP contribution in [0.25, 0.3) is 0 Å². The number of phenols is 1. The van der Waals surface area contributed by atoms with Gasteiger partial charge in [0.05, 0.1) is 11.5 Å². The average molecular weight is 388 g/mol. The van der Waals surface area contributed by atoms with Gasteiger partial charge in [0.2, 0.25) is 5.91 Å². The monoisotopic (exact) mass is 387 g/mol. The van der Waals surface area contributed by atoms with Crippen LogP contribution in [0.5, 0.6) is 5.75 Å². The summed E-state index contributed by atoms with van der Waals surface area (Å²) in [5.41, 5.74) is 7.54. The van der Waals surface area contributed by atoms with Crippen molar-refractivity contribution in [2.75, 3.05) is 18.0 Å². The number of rotatable bonds is 5. The van der Waals surface area contributed by atoms with Crippen molar-refractivity contribution in [2.45, 2.75) is 19.4 Å². The predicted molar refractivity (Wildman–Crippen MR) is 105 cm³/mol. The Hall–Kier alpha value is -2.73. The van der Waals surface area contributed by atoms with Gasteiger partial charge in [-0.1, -0.05) is 23.7 Å². The van der Waals surface area contributed by atoms with Gasteiger partial charge >= 0.3 is 0 Å². The maximum atomic E-state index is 12.2. The lowest BCUT2D eigenvalue weighted by molar-refractivity contribution is -0.122. The lowest BCUT2D eigenvalue weighted by Crippen LogP contribution is -2.41. The lowest BCUT2D eigenvalue weighted by atomic mass is 9.97. The molecule has 0 aliphatic carbocycles. The first-order chi connectivity index (χ1) is 12.9. The maximum Gasteiger partial charge on any atom is 0.255 e. The molecule has 2 amide bonds. The summed E-state index contributed by atoms with van der Waals surface area (Å²) in [6.07, 6.45) is 1.78. The fraction of sp³-hybridized carbons (Fsp3) is 0.300. The molecule has 1 aliphatic heterocycles. The van der Waals surface area contributed by atoms with Crippen LogP contribution < -0.4 is 16.0 Å². The minimum atomic E-state index is -0.389. The topological polar surface area (TPSA) is 95.7 Å². The minimum Gasteiger partial charge on any atom is -0.507 e. The molecule has 1 aliphatic rings. The number of benzene rings is 2. The Balaban J connectivity index is 1.60. The molecule has 1 atom stereocenters. The second-order valence-electron chi connectivity index (χ2n) is 6.70. The van der Waals surface area contributed by atoms with Crippen LogP contribution in [0.15, 0.2) is 42.5 Å². The van der Waals surface area contributed by atoms with Gasteiger partial charge in [-0.25, -0.2) is 0 Å². The molecular weight excluding hydrogens is 366 g/mol. The quantitative estimate of drug-likeness (QED) is 0.734. The summed E-state index contributed by atoms with van der Waals surface area (Å²) in [6.45, 7) is 1.86. The molecule has 0 bridgehead atoms. The summed E-state index contributed by atoms with van der Waals surface area (Å²) in [4.78, 5) is 25.8. The van der Waals surface area contributed by atoms with Crippen LogP contribution in [0, 0.1) is 5.92 Å². The number of nitrogens with one attached hydrogen (secondary N) is 1. The van der Waals surface area contributed by atoms with Crippen molar-refractivity contribution in [3.63, 3.8) is 0 Å². The SMILES string of the molecule is NC(=O)C1CCCN(c2ccc(CNC(=O)c3cc(Cl)ccc3O)cc2)C1. The van der Waals surface area contributed by atoms with Crippen molar-refractivity contribution in [1.29, 1.82) is 0 Å². The van der Waals surface area contributed by atoms with Crippen LogP contribution >= 0.6 is 11.6 Å². The molecule has 2 aromatic carbocycles. The van der Waals surface area contributed by atoms with Crippen molar-refractivity contribution >= 4 is 29.1 Å². The third-order valence-corrected chi connectivity index (χ3v) is 5.02. The Labute approximate surface area is 162 Å². The Morgan fingerprint density at radius 1 is 1.22 bits per heavy atom. The largest absolute Gasteiger partial charge is 0.507 e. The summed E-state index contributed by atoms with van der Waals surface area (Å²) in [6, 6.07) is 12.2. The molecule has 4 N–H and O–H groups in total. The van der Waals surface area contributed by atoms with Gasteiger partial charge in [0.25, 0.3) is 5.91 Å². The molecule has 27 heavy (non-hydrogen) atoms. The number of nitrogens with two attached hydrogens (primary N) is 1. The van der Waals surface area contributed by atoms with E-state index in [2.05, 4.69) is 10.2 Å². The highest BCUT2D eigenvalue weighted by molar-refractivity contribution is 6.31. The molecule has 0 saturated carbocycles. The van der Waals surface area contributed by atoms with Gasteiger partial charge in [0, 0.05) is 30.3 Å². The molecule has 3 rings (SSSR count). The normalized spacial score (nSPS) is 16.8. The molecule has 1 fully saturated rings. The number of hydrogen-bond donors (Lipinski definition) is 3. The maximum absolute atomic E-state index is 12.2. The molecule has 0 spiro atoms. The number of piperidine rings is 1. The summed E-state index contributed by atoms with van der Waals surface area (Å²) in [7, 11) is 0. The zero-order valence-corrected chi connectivity index (χ0v) is 15.6. The Morgan fingerprint density at radius 3 is 2.67 bits per heavy atom. The van der Waals surface area contributed by atoms with Gasteiger partial charge in [-0.05, 0) is 48.7 Å². The number of anilines is 1. The van der Waals surface area contributed by atoms with Crippen molar-refractivity contribution in [3.8, 4) is 5.75 Å². The third kappa shape index (κ3) is 4.71. The van der Waals surface area contributed by atoms with Crippen molar-refractivity contribution in [1.82, 2.24) is 5.32 Å². The minimum absolute atomic E-state index is 0.108. The van der Waals surface area contributed by atoms with Gasteiger partial charge in [-0.15, -0.1) is 0 Å². The molecule has 7 heteroatoms. The van der Waals surface area contributed by atoms with Crippen molar-refractivity contribution < 1.29 is 14.7 Å². The number of halogens is 1. The number of phenolic OH excluding ortho intramolecular Hbond substituents is 1. The molecular formula is C20H22ClN3O3. The van der Waals surface area contributed by atoms with E-state index in [-0.39, 0.29) is 29.0 Å². The first kappa shape index (κ1) is 19.0. The summed E-state index contributed by atoms with van der Waals surface area (Å²) >= 11 is 5.87. The highest BCUT2D eigenvalue weighted by Gasteiger charge is 2.24. The zero-order valence-electron chi connectivity index (χ0n) is 14.8. The van der Waals surface area contributed by atoms with Crippen LogP contribution in [0.4, 0.5) is 5.69 Å². The zero-order chi connectivity index (χ0) is 19.4. The molecule has 2 aromatic rings. The van der Waals surface area contributed by atoms with Gasteiger partial charge in [-0.3, -0.25) is 9.59 Å². The van der Waals surface area contributed by atoms with Gasteiger partial charge < -0.3 is 21.1 Å². The van der Waals surface area contributed by atoms with Crippen LogP contribution in [-0.4, -0.2) is 30.0 Å². The van der Waals surface area contributed by atoms with Crippen LogP contribution in [0.1, 0.15) is 28.8 Å². The van der Waals surface area contributed by atoms with Gasteiger partial charge in [0.15, 0.2) is 0 Å². The Kier molecular flexibility index (Phi) is 5.86. The molecule has 0 radical (unpaired) electrons. The second-order valence-corrected chi connectivity index (χ2v) is 7.13. The number of amides is 2. The first-order valence-corrected chi connectivity index (χ1v) is 9.22. The Morgan fingerprint density at radius 2 is 1.96 bits per heavy atom. The lowest BCUT2D eigenvalue weighted by Gasteiger charge is -2.33. The smallest absolute Gasteiger partial charge is 0.255 e. The molecule has 1 unspecified atom stereocenters. The van der Waals surface area contributed by atoms with Gasteiger partial charge in [0.1, 0.15) is 5.75 Å². The first-order valence-electron chi connectivity index (χ1n) is 8.84. The van der Waals surface area contributed by atoms with E-state index in [1.807, 2.05) is 24.3 Å². The van der Waals surface area contributed by atoms with E-state index in [1.54, 1.807) is 0 Å². The molecule has 1 heterocycles. The standard InChI is InChI=1S/C20H22ClN3O3/c21-15-5-8-18(25)17(10-15)20(27)23-11-13-3-6-16(7-4-13)24-9-1-2-14(12-24)19(22)26/h3-8,10,14,25H,1-2,9,11-12H2,(H2,22,26)(H,23,27). The van der Waals surface area contributed by atoms with E-state index in [9.17, 15) is 14.7 Å². The van der Waals surface area contributed by atoms with Crippen LogP contribution in [0.3, 0.4) is 0 Å². The fourth-order valence-electron chi connectivity index (χ4n) is 3.24. The number of aromatic hydroxyl groups is 1. The predicted octanol–water partition coefficient (Wildman–Crippen LogP) is 2.68. The fourth-order valence-corrected chi connectivity index (χ4v) is 3.41. The highest BCUT2D eigenvalue weighted by Crippen LogP contribution is 2.24. The third-order valence-electron chi connectivity index (χ3n) is 4.78. The number of hydrogen-bond acceptors (Lipinski definition) is 4. The molecule has 0 aromatic heterocycles. The second kappa shape index (κ2) is 8.31. The highest BCUT2D eigenvalue weighted by atomic mass is 35.5. The van der Waals surface area contributed by atoms with Crippen LogP contribution in [0.2, 0.25) is 5.02 Å². The van der Waals surface area contributed by atoms with Crippen molar-refractivity contribution in [3.05, 3.63) is 58.6 Å². The molecule has 142 valence electrons. The summed E-state index contributed by atoms with van der Waals surface area (Å²) < 4.78 is 0. The van der Waals surface area contributed by atoms with E-state index in [0.717, 1.165) is 30.6 Å².